The molecule has 2 rings (SSSR count). The summed E-state index contributed by atoms with van der Waals surface area (Å²) in [6.45, 7) is 0.329. The van der Waals surface area contributed by atoms with Crippen molar-refractivity contribution >= 4 is 15.9 Å². The average Bonchev–Trinajstić information content (AvgIpc) is 2.38. The van der Waals surface area contributed by atoms with Crippen molar-refractivity contribution in [3.8, 4) is 5.75 Å². The summed E-state index contributed by atoms with van der Waals surface area (Å²) < 4.78 is 20.2. The molecule has 3 nitrogen and oxygen atoms in total. The first-order valence-electron chi connectivity index (χ1n) is 5.40. The molecule has 18 heavy (non-hydrogen) atoms. The Labute approximate surface area is 113 Å². The van der Waals surface area contributed by atoms with Crippen LogP contribution in [0.15, 0.2) is 41.1 Å². The van der Waals surface area contributed by atoms with Crippen LogP contribution in [0.25, 0.3) is 0 Å². The molecule has 1 heterocycles. The highest BCUT2D eigenvalue weighted by atomic mass is 79.9. The van der Waals surface area contributed by atoms with Crippen LogP contribution in [0.5, 0.6) is 5.75 Å². The molecular weight excluding hydrogens is 299 g/mol. The Morgan fingerprint density at radius 3 is 2.78 bits per heavy atom. The first-order valence-corrected chi connectivity index (χ1v) is 6.19. The third kappa shape index (κ3) is 3.05. The molecule has 0 fully saturated rings. The van der Waals surface area contributed by atoms with Crippen LogP contribution in [-0.4, -0.2) is 4.98 Å². The maximum absolute atomic E-state index is 13.9. The molecule has 0 radical (unpaired) electrons. The Hall–Kier alpha value is -1.46. The monoisotopic (exact) mass is 310 g/mol. The maximum Gasteiger partial charge on any atom is 0.139 e. The quantitative estimate of drug-likeness (QED) is 0.944. The Kier molecular flexibility index (Phi) is 4.28. The first-order chi connectivity index (χ1) is 8.70. The molecule has 0 aliphatic carbocycles. The van der Waals surface area contributed by atoms with Gasteiger partial charge < -0.3 is 10.5 Å². The van der Waals surface area contributed by atoms with Crippen molar-refractivity contribution in [2.75, 3.05) is 0 Å². The summed E-state index contributed by atoms with van der Waals surface area (Å²) in [7, 11) is 0. The van der Waals surface area contributed by atoms with E-state index in [9.17, 15) is 4.39 Å². The summed E-state index contributed by atoms with van der Waals surface area (Å²) >= 11 is 3.29. The number of benzene rings is 1. The Morgan fingerprint density at radius 2 is 2.06 bits per heavy atom. The predicted molar refractivity (Wildman–Crippen MR) is 70.6 cm³/mol. The molecule has 0 aliphatic heterocycles. The van der Waals surface area contributed by atoms with Crippen LogP contribution >= 0.6 is 15.9 Å². The number of aromatic nitrogens is 1. The Balaban J connectivity index is 2.11. The fourth-order valence-corrected chi connectivity index (χ4v) is 1.88. The van der Waals surface area contributed by atoms with E-state index in [-0.39, 0.29) is 19.0 Å². The second kappa shape index (κ2) is 5.93. The predicted octanol–water partition coefficient (Wildman–Crippen LogP) is 3.02. The molecule has 0 saturated heterocycles. The van der Waals surface area contributed by atoms with Gasteiger partial charge in [0.25, 0.3) is 0 Å². The fraction of sp³-hybridized carbons (Fsp3) is 0.154. The lowest BCUT2D eigenvalue weighted by atomic mass is 10.1. The van der Waals surface area contributed by atoms with E-state index in [0.29, 0.717) is 16.9 Å². The van der Waals surface area contributed by atoms with E-state index in [1.807, 2.05) is 0 Å². The van der Waals surface area contributed by atoms with Crippen LogP contribution < -0.4 is 10.5 Å². The number of halogens is 2. The molecule has 0 saturated carbocycles. The molecule has 1 aromatic carbocycles. The van der Waals surface area contributed by atoms with E-state index < -0.39 is 0 Å². The maximum atomic E-state index is 13.9. The molecule has 2 N–H and O–H groups in total. The van der Waals surface area contributed by atoms with Gasteiger partial charge in [0.1, 0.15) is 18.2 Å². The van der Waals surface area contributed by atoms with Crippen LogP contribution in [0.2, 0.25) is 0 Å². The highest BCUT2D eigenvalue weighted by Gasteiger charge is 2.07. The van der Waals surface area contributed by atoms with Gasteiger partial charge in [-0.1, -0.05) is 18.2 Å². The summed E-state index contributed by atoms with van der Waals surface area (Å²) in [5.74, 6) is 0.282. The summed E-state index contributed by atoms with van der Waals surface area (Å²) in [4.78, 5) is 3.97. The fourth-order valence-electron chi connectivity index (χ4n) is 1.53. The van der Waals surface area contributed by atoms with Crippen molar-refractivity contribution in [1.82, 2.24) is 4.98 Å². The van der Waals surface area contributed by atoms with Gasteiger partial charge in [0.2, 0.25) is 0 Å². The van der Waals surface area contributed by atoms with Gasteiger partial charge in [-0.2, -0.15) is 0 Å². The third-order valence-corrected chi connectivity index (χ3v) is 2.89. The minimum absolute atomic E-state index is 0.151. The second-order valence-corrected chi connectivity index (χ2v) is 4.64. The van der Waals surface area contributed by atoms with Crippen LogP contribution in [0.1, 0.15) is 11.1 Å². The number of ether oxygens (including phenoxy) is 1. The lowest BCUT2D eigenvalue weighted by Gasteiger charge is -2.09. The zero-order chi connectivity index (χ0) is 13.0. The van der Waals surface area contributed by atoms with E-state index in [0.717, 1.165) is 4.47 Å². The van der Waals surface area contributed by atoms with Gasteiger partial charge in [-0.15, -0.1) is 0 Å². The lowest BCUT2D eigenvalue weighted by molar-refractivity contribution is 0.298. The normalized spacial score (nSPS) is 10.4. The van der Waals surface area contributed by atoms with Crippen LogP contribution in [0.3, 0.4) is 0 Å². The van der Waals surface area contributed by atoms with Gasteiger partial charge in [-0.25, -0.2) is 4.39 Å². The van der Waals surface area contributed by atoms with Gasteiger partial charge in [0.15, 0.2) is 0 Å². The molecule has 0 spiro atoms. The molecule has 94 valence electrons. The molecule has 0 amide bonds. The molecule has 5 heteroatoms. The van der Waals surface area contributed by atoms with Crippen LogP contribution in [0, 0.1) is 5.82 Å². The van der Waals surface area contributed by atoms with Crippen molar-refractivity contribution in [3.05, 3.63) is 58.1 Å². The number of hydrogen-bond donors (Lipinski definition) is 1. The van der Waals surface area contributed by atoms with Crippen molar-refractivity contribution in [3.63, 3.8) is 0 Å². The highest BCUT2D eigenvalue weighted by Crippen LogP contribution is 2.19. The standard InChI is InChI=1S/C13H12BrFN2O/c14-11-4-12(7-17-6-11)18-8-10-3-1-2-9(5-16)13(10)15/h1-4,6-7H,5,8,16H2. The molecule has 0 bridgehead atoms. The molecule has 0 atom stereocenters. The summed E-state index contributed by atoms with van der Waals surface area (Å²) in [6.07, 6.45) is 3.23. The second-order valence-electron chi connectivity index (χ2n) is 3.72. The molecule has 1 aromatic heterocycles. The van der Waals surface area contributed by atoms with E-state index in [1.165, 1.54) is 0 Å². The Morgan fingerprint density at radius 1 is 1.28 bits per heavy atom. The molecule has 0 unspecified atom stereocenters. The molecule has 2 aromatic rings. The van der Waals surface area contributed by atoms with E-state index in [1.54, 1.807) is 36.7 Å². The smallest absolute Gasteiger partial charge is 0.139 e. The van der Waals surface area contributed by atoms with Crippen molar-refractivity contribution in [2.24, 2.45) is 5.73 Å². The SMILES string of the molecule is NCc1cccc(COc2cncc(Br)c2)c1F. The lowest BCUT2D eigenvalue weighted by Crippen LogP contribution is -2.05. The van der Waals surface area contributed by atoms with E-state index in [2.05, 4.69) is 20.9 Å². The van der Waals surface area contributed by atoms with E-state index >= 15 is 0 Å². The largest absolute Gasteiger partial charge is 0.487 e. The van der Waals surface area contributed by atoms with Gasteiger partial charge in [0.05, 0.1) is 6.20 Å². The highest BCUT2D eigenvalue weighted by molar-refractivity contribution is 9.10. The van der Waals surface area contributed by atoms with Gasteiger partial charge in [-0.05, 0) is 22.0 Å². The van der Waals surface area contributed by atoms with Gasteiger partial charge >= 0.3 is 0 Å². The first kappa shape index (κ1) is 13.0. The van der Waals surface area contributed by atoms with Gasteiger partial charge in [-0.3, -0.25) is 4.98 Å². The number of hydrogen-bond acceptors (Lipinski definition) is 3. The molecular formula is C13H12BrFN2O. The molecule has 0 aliphatic rings. The van der Waals surface area contributed by atoms with Gasteiger partial charge in [0, 0.05) is 28.3 Å². The number of nitrogens with zero attached hydrogens (tertiary/aromatic N) is 1. The van der Waals surface area contributed by atoms with Crippen LogP contribution in [-0.2, 0) is 13.2 Å². The topological polar surface area (TPSA) is 48.1 Å². The van der Waals surface area contributed by atoms with Crippen molar-refractivity contribution in [2.45, 2.75) is 13.2 Å². The number of pyridine rings is 1. The number of rotatable bonds is 4. The van der Waals surface area contributed by atoms with Crippen molar-refractivity contribution in [1.29, 1.82) is 0 Å². The summed E-state index contributed by atoms with van der Waals surface area (Å²) in [6, 6.07) is 6.89. The number of nitrogens with two attached hydrogens (primary N) is 1. The van der Waals surface area contributed by atoms with Crippen LogP contribution in [0.4, 0.5) is 4.39 Å². The zero-order valence-corrected chi connectivity index (χ0v) is 11.2. The minimum Gasteiger partial charge on any atom is -0.487 e. The van der Waals surface area contributed by atoms with E-state index in [4.69, 9.17) is 10.5 Å². The average molecular weight is 311 g/mol. The Bertz CT molecular complexity index is 548. The summed E-state index contributed by atoms with van der Waals surface area (Å²) in [5.41, 5.74) is 6.42. The zero-order valence-electron chi connectivity index (χ0n) is 9.57. The van der Waals surface area contributed by atoms with Crippen molar-refractivity contribution < 1.29 is 9.13 Å². The minimum atomic E-state index is -0.303. The third-order valence-electron chi connectivity index (χ3n) is 2.45. The summed E-state index contributed by atoms with van der Waals surface area (Å²) in [5, 5.41) is 0.